The minimum atomic E-state index is -0.187. The highest BCUT2D eigenvalue weighted by molar-refractivity contribution is 5.62. The van der Waals surface area contributed by atoms with Crippen LogP contribution in [0, 0.1) is 19.3 Å². The summed E-state index contributed by atoms with van der Waals surface area (Å²) in [6.07, 6.45) is 8.81. The first-order valence-electron chi connectivity index (χ1n) is 12.0. The Labute approximate surface area is 191 Å². The molecule has 2 aromatic rings. The van der Waals surface area contributed by atoms with Gasteiger partial charge in [0.25, 0.3) is 0 Å². The van der Waals surface area contributed by atoms with Crippen molar-refractivity contribution in [3.05, 3.63) is 58.1 Å². The van der Waals surface area contributed by atoms with Crippen molar-refractivity contribution >= 4 is 11.5 Å². The van der Waals surface area contributed by atoms with Crippen molar-refractivity contribution in [1.82, 2.24) is 9.97 Å². The fourth-order valence-corrected chi connectivity index (χ4v) is 6.70. The average molecular weight is 434 g/mol. The Morgan fingerprint density at radius 3 is 2.81 bits per heavy atom. The number of allylic oxidation sites excluding steroid dienone is 1. The van der Waals surface area contributed by atoms with Crippen molar-refractivity contribution in [3.63, 3.8) is 0 Å². The molecule has 1 heterocycles. The van der Waals surface area contributed by atoms with Gasteiger partial charge in [-0.2, -0.15) is 0 Å². The van der Waals surface area contributed by atoms with Crippen LogP contribution >= 0.6 is 0 Å². The van der Waals surface area contributed by atoms with Crippen LogP contribution in [0.25, 0.3) is 0 Å². The van der Waals surface area contributed by atoms with Crippen LogP contribution < -0.4 is 5.32 Å². The quantitative estimate of drug-likeness (QED) is 0.626. The van der Waals surface area contributed by atoms with Gasteiger partial charge in [-0.1, -0.05) is 24.1 Å². The Balaban J connectivity index is 1.55. The molecular formula is C27H35N3O2. The van der Waals surface area contributed by atoms with Gasteiger partial charge in [-0.3, -0.25) is 4.98 Å². The SMILES string of the molecule is COCC[C@@]12CC[C@@]3(C)C[C@@H](O)CC3=C1CCc1cc(Nc3ncc(C)nc3C)ccc12. The highest BCUT2D eigenvalue weighted by Gasteiger charge is 2.51. The number of aliphatic hydroxyl groups is 1. The molecule has 0 spiro atoms. The Kier molecular flexibility index (Phi) is 5.37. The van der Waals surface area contributed by atoms with Crippen LogP contribution in [-0.4, -0.2) is 34.9 Å². The van der Waals surface area contributed by atoms with E-state index in [1.54, 1.807) is 24.5 Å². The summed E-state index contributed by atoms with van der Waals surface area (Å²) in [5.41, 5.74) is 9.17. The summed E-state index contributed by atoms with van der Waals surface area (Å²) in [5.74, 6) is 0.816. The maximum absolute atomic E-state index is 10.5. The Bertz CT molecular complexity index is 1080. The number of nitrogens with one attached hydrogen (secondary N) is 1. The van der Waals surface area contributed by atoms with E-state index in [-0.39, 0.29) is 16.9 Å². The van der Waals surface area contributed by atoms with E-state index in [0.29, 0.717) is 0 Å². The van der Waals surface area contributed by atoms with Crippen LogP contribution in [0.4, 0.5) is 11.5 Å². The minimum Gasteiger partial charge on any atom is -0.393 e. The second-order valence-corrected chi connectivity index (χ2v) is 10.3. The molecule has 0 bridgehead atoms. The van der Waals surface area contributed by atoms with Gasteiger partial charge < -0.3 is 15.2 Å². The number of rotatable bonds is 5. The molecule has 0 aliphatic heterocycles. The monoisotopic (exact) mass is 433 g/mol. The standard InChI is InChI=1S/C27H35N3O2/c1-17-16-28-25(18(2)29-17)30-20-6-8-22-19(13-20)5-7-23-24-14-21(31)15-26(24,3)9-10-27(22,23)11-12-32-4/h6,8,13,16,21,31H,5,7,9-12,14-15H2,1-4H3,(H,28,30)/t21-,26-,27+/m0/s1. The molecule has 1 aromatic heterocycles. The first-order chi connectivity index (χ1) is 15.3. The van der Waals surface area contributed by atoms with Crippen LogP contribution in [0.5, 0.6) is 0 Å². The third-order valence-corrected chi connectivity index (χ3v) is 8.23. The molecular weight excluding hydrogens is 398 g/mol. The molecule has 170 valence electrons. The highest BCUT2D eigenvalue weighted by atomic mass is 16.5. The summed E-state index contributed by atoms with van der Waals surface area (Å²) in [7, 11) is 1.80. The second-order valence-electron chi connectivity index (χ2n) is 10.3. The Hall–Kier alpha value is -2.24. The van der Waals surface area contributed by atoms with Gasteiger partial charge in [0.1, 0.15) is 0 Å². The lowest BCUT2D eigenvalue weighted by Crippen LogP contribution is -2.41. The van der Waals surface area contributed by atoms with E-state index < -0.39 is 0 Å². The second kappa shape index (κ2) is 7.96. The van der Waals surface area contributed by atoms with Gasteiger partial charge >= 0.3 is 0 Å². The molecule has 0 saturated heterocycles. The smallest absolute Gasteiger partial charge is 0.151 e. The van der Waals surface area contributed by atoms with Crippen LogP contribution in [-0.2, 0) is 16.6 Å². The zero-order valence-corrected chi connectivity index (χ0v) is 19.8. The molecule has 5 rings (SSSR count). The van der Waals surface area contributed by atoms with E-state index in [1.165, 1.54) is 11.1 Å². The molecule has 5 nitrogen and oxygen atoms in total. The van der Waals surface area contributed by atoms with E-state index in [0.717, 1.165) is 74.4 Å². The fourth-order valence-electron chi connectivity index (χ4n) is 6.70. The number of aliphatic hydroxyl groups excluding tert-OH is 1. The Morgan fingerprint density at radius 1 is 1.19 bits per heavy atom. The summed E-state index contributed by atoms with van der Waals surface area (Å²) in [6, 6.07) is 6.83. The van der Waals surface area contributed by atoms with E-state index in [2.05, 4.69) is 40.4 Å². The van der Waals surface area contributed by atoms with Gasteiger partial charge in [0.2, 0.25) is 0 Å². The number of nitrogens with zero attached hydrogens (tertiary/aromatic N) is 2. The van der Waals surface area contributed by atoms with Crippen molar-refractivity contribution in [2.24, 2.45) is 5.41 Å². The van der Waals surface area contributed by atoms with E-state index in [9.17, 15) is 5.11 Å². The summed E-state index contributed by atoms with van der Waals surface area (Å²) < 4.78 is 5.59. The van der Waals surface area contributed by atoms with Crippen molar-refractivity contribution < 1.29 is 9.84 Å². The zero-order valence-electron chi connectivity index (χ0n) is 19.8. The molecule has 1 saturated carbocycles. The number of ether oxygens (including phenoxy) is 1. The minimum absolute atomic E-state index is 0.0423. The predicted molar refractivity (Wildman–Crippen MR) is 127 cm³/mol. The third-order valence-electron chi connectivity index (χ3n) is 8.23. The molecule has 0 radical (unpaired) electrons. The van der Waals surface area contributed by atoms with Crippen LogP contribution in [0.3, 0.4) is 0 Å². The van der Waals surface area contributed by atoms with Crippen molar-refractivity contribution in [2.75, 3.05) is 19.0 Å². The first-order valence-corrected chi connectivity index (χ1v) is 12.0. The summed E-state index contributed by atoms with van der Waals surface area (Å²) >= 11 is 0. The molecule has 3 aliphatic rings. The lowest BCUT2D eigenvalue weighted by atomic mass is 9.54. The van der Waals surface area contributed by atoms with Gasteiger partial charge in [0, 0.05) is 24.8 Å². The molecule has 3 aliphatic carbocycles. The zero-order chi connectivity index (χ0) is 22.5. The molecule has 3 atom stereocenters. The number of aromatic nitrogens is 2. The summed E-state index contributed by atoms with van der Waals surface area (Å²) in [6.45, 7) is 7.09. The van der Waals surface area contributed by atoms with E-state index in [1.807, 2.05) is 13.8 Å². The van der Waals surface area contributed by atoms with Crippen molar-refractivity contribution in [1.29, 1.82) is 0 Å². The maximum Gasteiger partial charge on any atom is 0.151 e. The number of hydrogen-bond acceptors (Lipinski definition) is 5. The number of benzene rings is 1. The van der Waals surface area contributed by atoms with Crippen LogP contribution in [0.2, 0.25) is 0 Å². The van der Waals surface area contributed by atoms with Gasteiger partial charge in [0.15, 0.2) is 5.82 Å². The summed E-state index contributed by atoms with van der Waals surface area (Å²) in [5, 5.41) is 14.0. The highest BCUT2D eigenvalue weighted by Crippen LogP contribution is 2.61. The lowest BCUT2D eigenvalue weighted by molar-refractivity contribution is 0.142. The predicted octanol–water partition coefficient (Wildman–Crippen LogP) is 5.31. The molecule has 5 heteroatoms. The third kappa shape index (κ3) is 3.46. The summed E-state index contributed by atoms with van der Waals surface area (Å²) in [4.78, 5) is 9.07. The van der Waals surface area contributed by atoms with Gasteiger partial charge in [-0.15, -0.1) is 0 Å². The van der Waals surface area contributed by atoms with Crippen LogP contribution in [0.15, 0.2) is 35.5 Å². The molecule has 1 fully saturated rings. The largest absolute Gasteiger partial charge is 0.393 e. The molecule has 1 aromatic carbocycles. The van der Waals surface area contributed by atoms with Gasteiger partial charge in [-0.05, 0) is 87.5 Å². The lowest BCUT2D eigenvalue weighted by Gasteiger charge is -2.50. The maximum atomic E-state index is 10.5. The number of hydrogen-bond donors (Lipinski definition) is 2. The normalized spacial score (nSPS) is 28.8. The van der Waals surface area contributed by atoms with Gasteiger partial charge in [0.05, 0.1) is 23.7 Å². The van der Waals surface area contributed by atoms with Crippen molar-refractivity contribution in [3.8, 4) is 0 Å². The molecule has 0 amide bonds. The number of methoxy groups -OCH3 is 1. The fraction of sp³-hybridized carbons (Fsp3) is 0.556. The molecule has 2 N–H and O–H groups in total. The van der Waals surface area contributed by atoms with Crippen molar-refractivity contribution in [2.45, 2.75) is 77.2 Å². The number of fused-ring (bicyclic) bond motifs is 4. The molecule has 0 unspecified atom stereocenters. The van der Waals surface area contributed by atoms with E-state index >= 15 is 0 Å². The first kappa shape index (κ1) is 21.6. The topological polar surface area (TPSA) is 67.3 Å². The average Bonchev–Trinajstić information content (AvgIpc) is 3.08. The number of anilines is 2. The van der Waals surface area contributed by atoms with Crippen LogP contribution in [0.1, 0.15) is 68.0 Å². The van der Waals surface area contributed by atoms with Gasteiger partial charge in [-0.25, -0.2) is 4.98 Å². The van der Waals surface area contributed by atoms with E-state index in [4.69, 9.17) is 4.74 Å². The number of aryl methyl sites for hydroxylation is 3. The Morgan fingerprint density at radius 2 is 2.03 bits per heavy atom. The molecule has 32 heavy (non-hydrogen) atoms.